The molecule has 2 amide bonds. The predicted molar refractivity (Wildman–Crippen MR) is 123 cm³/mol. The zero-order valence-electron chi connectivity index (χ0n) is 18.0. The van der Waals surface area contributed by atoms with Crippen LogP contribution in [0.4, 0.5) is 15.7 Å². The first-order valence-electron chi connectivity index (χ1n) is 10.3. The number of aliphatic hydroxyl groups is 1. The molecule has 0 atom stereocenters. The summed E-state index contributed by atoms with van der Waals surface area (Å²) in [5.41, 5.74) is 1.48. The van der Waals surface area contributed by atoms with E-state index in [0.29, 0.717) is 52.0 Å². The van der Waals surface area contributed by atoms with Crippen LogP contribution in [0.3, 0.4) is 0 Å². The van der Waals surface area contributed by atoms with Crippen LogP contribution in [-0.2, 0) is 6.42 Å². The fraction of sp³-hybridized carbons (Fsp3) is 0.429. The summed E-state index contributed by atoms with van der Waals surface area (Å²) in [6, 6.07) is 3.15. The zero-order chi connectivity index (χ0) is 22.4. The number of ketones is 1. The zero-order valence-corrected chi connectivity index (χ0v) is 18.8. The van der Waals surface area contributed by atoms with Gasteiger partial charge in [-0.1, -0.05) is 11.3 Å². The van der Waals surface area contributed by atoms with Crippen LogP contribution in [0.5, 0.6) is 0 Å². The van der Waals surface area contributed by atoms with Crippen molar-refractivity contribution in [1.82, 2.24) is 20.2 Å². The highest BCUT2D eigenvalue weighted by atomic mass is 32.1. The van der Waals surface area contributed by atoms with Crippen LogP contribution in [0.25, 0.3) is 5.76 Å². The molecule has 0 spiro atoms. The number of aromatic nitrogens is 2. The molecule has 0 aromatic carbocycles. The van der Waals surface area contributed by atoms with Gasteiger partial charge in [0, 0.05) is 30.4 Å². The van der Waals surface area contributed by atoms with Gasteiger partial charge in [-0.05, 0) is 59.0 Å². The molecule has 0 saturated carbocycles. The summed E-state index contributed by atoms with van der Waals surface area (Å²) in [7, 11) is 3.96. The molecule has 2 aromatic rings. The fourth-order valence-electron chi connectivity index (χ4n) is 3.20. The number of rotatable bonds is 8. The topological polar surface area (TPSA) is 119 Å². The van der Waals surface area contributed by atoms with Crippen LogP contribution < -0.4 is 16.0 Å². The number of hydrogen-bond donors (Lipinski definition) is 4. The van der Waals surface area contributed by atoms with E-state index in [1.54, 1.807) is 18.3 Å². The molecule has 1 aliphatic rings. The van der Waals surface area contributed by atoms with E-state index in [9.17, 15) is 14.7 Å². The van der Waals surface area contributed by atoms with E-state index in [1.165, 1.54) is 0 Å². The SMILES string of the molecule is CCNc1ccc(C(O)=C2CCc3nc(NC(=O)NCCCN(C)C)sc3C2=O)cn1. The largest absolute Gasteiger partial charge is 0.507 e. The van der Waals surface area contributed by atoms with Gasteiger partial charge in [0.2, 0.25) is 5.78 Å². The van der Waals surface area contributed by atoms with E-state index in [0.717, 1.165) is 30.8 Å². The van der Waals surface area contributed by atoms with Gasteiger partial charge in [-0.25, -0.2) is 14.8 Å². The van der Waals surface area contributed by atoms with Crippen molar-refractivity contribution < 1.29 is 14.7 Å². The average molecular weight is 445 g/mol. The first kappa shape index (κ1) is 22.7. The number of aliphatic hydroxyl groups excluding tert-OH is 1. The van der Waals surface area contributed by atoms with E-state index in [1.807, 2.05) is 25.9 Å². The van der Waals surface area contributed by atoms with Gasteiger partial charge in [-0.2, -0.15) is 0 Å². The summed E-state index contributed by atoms with van der Waals surface area (Å²) in [6.45, 7) is 4.15. The number of carbonyl (C=O) groups excluding carboxylic acids is 2. The highest BCUT2D eigenvalue weighted by Crippen LogP contribution is 2.34. The minimum atomic E-state index is -0.345. The number of fused-ring (bicyclic) bond motifs is 1. The van der Waals surface area contributed by atoms with Crippen LogP contribution in [0.1, 0.15) is 40.7 Å². The van der Waals surface area contributed by atoms with Crippen molar-refractivity contribution in [2.45, 2.75) is 26.2 Å². The molecule has 4 N–H and O–H groups in total. The minimum absolute atomic E-state index is 0.0623. The maximum atomic E-state index is 13.0. The second-order valence-corrected chi connectivity index (χ2v) is 8.45. The summed E-state index contributed by atoms with van der Waals surface area (Å²) >= 11 is 1.13. The van der Waals surface area contributed by atoms with E-state index in [2.05, 4.69) is 25.9 Å². The van der Waals surface area contributed by atoms with Crippen molar-refractivity contribution in [1.29, 1.82) is 0 Å². The number of nitrogens with one attached hydrogen (secondary N) is 3. The Labute approximate surface area is 185 Å². The normalized spacial score (nSPS) is 14.9. The lowest BCUT2D eigenvalue weighted by Crippen LogP contribution is -2.31. The van der Waals surface area contributed by atoms with Crippen molar-refractivity contribution in [3.63, 3.8) is 0 Å². The predicted octanol–water partition coefficient (Wildman–Crippen LogP) is 3.14. The molecular weight excluding hydrogens is 416 g/mol. The summed E-state index contributed by atoms with van der Waals surface area (Å²) in [4.78, 5) is 36.2. The molecular formula is C21H28N6O3S. The molecule has 0 fully saturated rings. The Morgan fingerprint density at radius 1 is 1.29 bits per heavy atom. The summed E-state index contributed by atoms with van der Waals surface area (Å²) in [6.07, 6.45) is 3.28. The minimum Gasteiger partial charge on any atom is -0.507 e. The highest BCUT2D eigenvalue weighted by Gasteiger charge is 2.29. The number of aryl methyl sites for hydroxylation is 1. The smallest absolute Gasteiger partial charge is 0.321 e. The molecule has 9 nitrogen and oxygen atoms in total. The Morgan fingerprint density at radius 2 is 2.10 bits per heavy atom. The molecule has 1 aliphatic carbocycles. The number of allylic oxidation sites excluding steroid dienone is 1. The Hall–Kier alpha value is -2.98. The number of amides is 2. The lowest BCUT2D eigenvalue weighted by Gasteiger charge is -2.14. The van der Waals surface area contributed by atoms with Crippen molar-refractivity contribution in [3.05, 3.63) is 40.0 Å². The van der Waals surface area contributed by atoms with Crippen molar-refractivity contribution in [2.75, 3.05) is 44.4 Å². The molecule has 0 saturated heterocycles. The molecule has 10 heteroatoms. The summed E-state index contributed by atoms with van der Waals surface area (Å²) in [5, 5.41) is 19.6. The van der Waals surface area contributed by atoms with Crippen LogP contribution in [0.15, 0.2) is 23.9 Å². The molecule has 0 bridgehead atoms. The maximum Gasteiger partial charge on any atom is 0.321 e. The van der Waals surface area contributed by atoms with E-state index in [4.69, 9.17) is 0 Å². The third-order valence-corrected chi connectivity index (χ3v) is 5.77. The Morgan fingerprint density at radius 3 is 2.77 bits per heavy atom. The Bertz CT molecular complexity index is 968. The highest BCUT2D eigenvalue weighted by molar-refractivity contribution is 7.18. The quantitative estimate of drug-likeness (QED) is 0.280. The third-order valence-electron chi connectivity index (χ3n) is 4.76. The standard InChI is InChI=1S/C21H28N6O3S/c1-4-22-16-9-6-13(12-24-16)17(28)14-7-8-15-19(18(14)29)31-21(25-15)26-20(30)23-10-5-11-27(2)3/h6,9,12,28H,4-5,7-8,10-11H2,1-3H3,(H,22,24)(H2,23,25,26,30). The van der Waals surface area contributed by atoms with Crippen molar-refractivity contribution in [3.8, 4) is 0 Å². The van der Waals surface area contributed by atoms with Gasteiger partial charge in [0.15, 0.2) is 5.13 Å². The van der Waals surface area contributed by atoms with E-state index >= 15 is 0 Å². The number of carbonyl (C=O) groups is 2. The Balaban J connectivity index is 1.67. The van der Waals surface area contributed by atoms with Gasteiger partial charge in [0.25, 0.3) is 0 Å². The maximum absolute atomic E-state index is 13.0. The first-order chi connectivity index (χ1) is 14.9. The van der Waals surface area contributed by atoms with E-state index in [-0.39, 0.29) is 17.6 Å². The number of nitrogens with zero attached hydrogens (tertiary/aromatic N) is 3. The van der Waals surface area contributed by atoms with Gasteiger partial charge in [-0.3, -0.25) is 10.1 Å². The molecule has 166 valence electrons. The molecule has 3 rings (SSSR count). The van der Waals surface area contributed by atoms with Crippen LogP contribution in [0.2, 0.25) is 0 Å². The number of thiazole rings is 1. The van der Waals surface area contributed by atoms with Gasteiger partial charge >= 0.3 is 6.03 Å². The number of anilines is 2. The molecule has 2 aromatic heterocycles. The van der Waals surface area contributed by atoms with Gasteiger partial charge in [0.05, 0.1) is 5.69 Å². The summed E-state index contributed by atoms with van der Waals surface area (Å²) < 4.78 is 0. The number of Topliss-reactive ketones (excluding diaryl/α,β-unsaturated/α-hetero) is 1. The second kappa shape index (κ2) is 10.4. The van der Waals surface area contributed by atoms with Gasteiger partial charge in [-0.15, -0.1) is 0 Å². The van der Waals surface area contributed by atoms with Crippen LogP contribution in [0, 0.1) is 0 Å². The van der Waals surface area contributed by atoms with Crippen LogP contribution in [-0.4, -0.2) is 65.5 Å². The third kappa shape index (κ3) is 5.80. The lowest BCUT2D eigenvalue weighted by atomic mass is 9.93. The molecule has 0 aliphatic heterocycles. The summed E-state index contributed by atoms with van der Waals surface area (Å²) in [5.74, 6) is 0.388. The fourth-order valence-corrected chi connectivity index (χ4v) is 4.18. The number of urea groups is 1. The molecule has 0 unspecified atom stereocenters. The van der Waals surface area contributed by atoms with E-state index < -0.39 is 0 Å². The van der Waals surface area contributed by atoms with Crippen molar-refractivity contribution >= 4 is 39.9 Å². The average Bonchev–Trinajstić information content (AvgIpc) is 3.15. The molecule has 0 radical (unpaired) electrons. The van der Waals surface area contributed by atoms with Crippen LogP contribution >= 0.6 is 11.3 Å². The lowest BCUT2D eigenvalue weighted by molar-refractivity contribution is 0.102. The van der Waals surface area contributed by atoms with Gasteiger partial charge < -0.3 is 20.6 Å². The Kier molecular flexibility index (Phi) is 7.59. The number of pyridine rings is 1. The number of hydrogen-bond acceptors (Lipinski definition) is 8. The monoisotopic (exact) mass is 444 g/mol. The molecule has 31 heavy (non-hydrogen) atoms. The molecule has 2 heterocycles. The first-order valence-corrected chi connectivity index (χ1v) is 11.1. The van der Waals surface area contributed by atoms with Crippen molar-refractivity contribution in [2.24, 2.45) is 0 Å². The van der Waals surface area contributed by atoms with Gasteiger partial charge in [0.1, 0.15) is 16.5 Å². The second-order valence-electron chi connectivity index (χ2n) is 7.45.